The van der Waals surface area contributed by atoms with E-state index in [0.717, 1.165) is 35.6 Å². The van der Waals surface area contributed by atoms with E-state index in [0.29, 0.717) is 13.1 Å². The highest BCUT2D eigenvalue weighted by molar-refractivity contribution is 5.85. The molecule has 2 amide bonds. The van der Waals surface area contributed by atoms with Gasteiger partial charge in [-0.2, -0.15) is 0 Å². The van der Waals surface area contributed by atoms with E-state index in [1.54, 1.807) is 25.3 Å². The van der Waals surface area contributed by atoms with E-state index >= 15 is 0 Å². The maximum Gasteiger partial charge on any atom is 0.319 e. The molecule has 0 aliphatic carbocycles. The number of nitrogens with zero attached hydrogens (tertiary/aromatic N) is 6. The van der Waals surface area contributed by atoms with Crippen LogP contribution in [0.2, 0.25) is 0 Å². The highest BCUT2D eigenvalue weighted by atomic mass is 16.2. The minimum absolute atomic E-state index is 0.0566. The standard InChI is InChI=1S/C15H20N6O/c1-11-4-5-12-13(18-11)14(17-10-16-12)20-6-8-21(9-7-20)15(22)19(2)3/h4-5,10H,6-9H2,1-3H3. The lowest BCUT2D eigenvalue weighted by Gasteiger charge is -2.36. The zero-order valence-corrected chi connectivity index (χ0v) is 13.2. The summed E-state index contributed by atoms with van der Waals surface area (Å²) in [6, 6.07) is 3.97. The van der Waals surface area contributed by atoms with Crippen LogP contribution in [0.1, 0.15) is 5.69 Å². The van der Waals surface area contributed by atoms with Gasteiger partial charge in [0.15, 0.2) is 5.82 Å². The third-order valence-corrected chi connectivity index (χ3v) is 3.83. The van der Waals surface area contributed by atoms with Crippen molar-refractivity contribution >= 4 is 22.9 Å². The second-order valence-electron chi connectivity index (χ2n) is 5.67. The largest absolute Gasteiger partial charge is 0.351 e. The Balaban J connectivity index is 1.82. The van der Waals surface area contributed by atoms with Crippen LogP contribution < -0.4 is 4.90 Å². The molecular formula is C15H20N6O. The van der Waals surface area contributed by atoms with Gasteiger partial charge in [-0.3, -0.25) is 0 Å². The number of carbonyl (C=O) groups excluding carboxylic acids is 1. The van der Waals surface area contributed by atoms with Crippen molar-refractivity contribution in [1.29, 1.82) is 0 Å². The molecule has 0 aromatic carbocycles. The van der Waals surface area contributed by atoms with Crippen molar-refractivity contribution in [3.63, 3.8) is 0 Å². The van der Waals surface area contributed by atoms with E-state index in [4.69, 9.17) is 0 Å². The fraction of sp³-hybridized carbons (Fsp3) is 0.467. The number of hydrogen-bond acceptors (Lipinski definition) is 5. The number of hydrogen-bond donors (Lipinski definition) is 0. The predicted molar refractivity (Wildman–Crippen MR) is 84.9 cm³/mol. The first-order valence-electron chi connectivity index (χ1n) is 7.36. The topological polar surface area (TPSA) is 65.5 Å². The zero-order valence-electron chi connectivity index (χ0n) is 13.2. The monoisotopic (exact) mass is 300 g/mol. The SMILES string of the molecule is Cc1ccc2ncnc(N3CCN(C(=O)N(C)C)CC3)c2n1. The van der Waals surface area contributed by atoms with Crippen LogP contribution in [0.3, 0.4) is 0 Å². The van der Waals surface area contributed by atoms with Gasteiger partial charge in [-0.25, -0.2) is 19.7 Å². The van der Waals surface area contributed by atoms with Crippen molar-refractivity contribution in [3.05, 3.63) is 24.2 Å². The molecule has 0 radical (unpaired) electrons. The summed E-state index contributed by atoms with van der Waals surface area (Å²) in [7, 11) is 3.55. The van der Waals surface area contributed by atoms with E-state index in [-0.39, 0.29) is 6.03 Å². The molecular weight excluding hydrogens is 280 g/mol. The van der Waals surface area contributed by atoms with Crippen LogP contribution in [0.5, 0.6) is 0 Å². The van der Waals surface area contributed by atoms with Gasteiger partial charge < -0.3 is 14.7 Å². The van der Waals surface area contributed by atoms with Gasteiger partial charge in [0.05, 0.1) is 5.52 Å². The van der Waals surface area contributed by atoms with Crippen molar-refractivity contribution in [3.8, 4) is 0 Å². The summed E-state index contributed by atoms with van der Waals surface area (Å²) in [4.78, 5) is 30.9. The van der Waals surface area contributed by atoms with Crippen molar-refractivity contribution in [2.45, 2.75) is 6.92 Å². The summed E-state index contributed by atoms with van der Waals surface area (Å²) in [5.74, 6) is 0.852. The molecule has 2 aromatic heterocycles. The molecule has 7 heteroatoms. The van der Waals surface area contributed by atoms with E-state index in [1.807, 2.05) is 24.0 Å². The second kappa shape index (κ2) is 5.75. The average Bonchev–Trinajstić information content (AvgIpc) is 2.53. The van der Waals surface area contributed by atoms with Crippen LogP contribution in [0, 0.1) is 6.92 Å². The summed E-state index contributed by atoms with van der Waals surface area (Å²) >= 11 is 0. The average molecular weight is 300 g/mol. The lowest BCUT2D eigenvalue weighted by Crippen LogP contribution is -2.51. The van der Waals surface area contributed by atoms with Crippen molar-refractivity contribution in [2.75, 3.05) is 45.2 Å². The third-order valence-electron chi connectivity index (χ3n) is 3.83. The molecule has 3 rings (SSSR count). The number of rotatable bonds is 1. The normalized spacial score (nSPS) is 15.2. The molecule has 116 valence electrons. The number of piperazine rings is 1. The number of aromatic nitrogens is 3. The summed E-state index contributed by atoms with van der Waals surface area (Å²) in [6.45, 7) is 4.84. The van der Waals surface area contributed by atoms with Crippen LogP contribution in [-0.4, -0.2) is 71.1 Å². The lowest BCUT2D eigenvalue weighted by molar-refractivity contribution is 0.168. The predicted octanol–water partition coefficient (Wildman–Crippen LogP) is 1.14. The molecule has 22 heavy (non-hydrogen) atoms. The molecule has 3 heterocycles. The molecule has 1 aliphatic heterocycles. The Kier molecular flexibility index (Phi) is 3.79. The van der Waals surface area contributed by atoms with Crippen LogP contribution in [0.4, 0.5) is 10.6 Å². The first kappa shape index (κ1) is 14.5. The maximum absolute atomic E-state index is 12.0. The number of amides is 2. The molecule has 1 saturated heterocycles. The number of aryl methyl sites for hydroxylation is 1. The van der Waals surface area contributed by atoms with Gasteiger partial charge in [0.25, 0.3) is 0 Å². The van der Waals surface area contributed by atoms with E-state index in [1.165, 1.54) is 0 Å². The number of urea groups is 1. The fourth-order valence-electron chi connectivity index (χ4n) is 2.65. The number of pyridine rings is 1. The molecule has 2 aromatic rings. The third kappa shape index (κ3) is 2.66. The van der Waals surface area contributed by atoms with Crippen LogP contribution in [0.15, 0.2) is 18.5 Å². The second-order valence-corrected chi connectivity index (χ2v) is 5.67. The van der Waals surface area contributed by atoms with Crippen LogP contribution in [0.25, 0.3) is 11.0 Å². The minimum atomic E-state index is 0.0566. The van der Waals surface area contributed by atoms with Gasteiger partial charge in [0.1, 0.15) is 11.8 Å². The minimum Gasteiger partial charge on any atom is -0.351 e. The Labute approximate surface area is 129 Å². The highest BCUT2D eigenvalue weighted by Crippen LogP contribution is 2.22. The fourth-order valence-corrected chi connectivity index (χ4v) is 2.65. The first-order valence-corrected chi connectivity index (χ1v) is 7.36. The van der Waals surface area contributed by atoms with Gasteiger partial charge in [0.2, 0.25) is 0 Å². The molecule has 0 atom stereocenters. The number of fused-ring (bicyclic) bond motifs is 1. The molecule has 1 fully saturated rings. The van der Waals surface area contributed by atoms with E-state index < -0.39 is 0 Å². The van der Waals surface area contributed by atoms with Crippen LogP contribution >= 0.6 is 0 Å². The van der Waals surface area contributed by atoms with Crippen molar-refractivity contribution < 1.29 is 4.79 Å². The van der Waals surface area contributed by atoms with Crippen molar-refractivity contribution in [2.24, 2.45) is 0 Å². The van der Waals surface area contributed by atoms with Gasteiger partial charge in [-0.1, -0.05) is 0 Å². The first-order chi connectivity index (χ1) is 10.6. The van der Waals surface area contributed by atoms with E-state index in [9.17, 15) is 4.79 Å². The Hall–Kier alpha value is -2.44. The van der Waals surface area contributed by atoms with Gasteiger partial charge in [-0.15, -0.1) is 0 Å². The lowest BCUT2D eigenvalue weighted by atomic mass is 10.2. The Morgan fingerprint density at radius 2 is 1.86 bits per heavy atom. The molecule has 0 bridgehead atoms. The summed E-state index contributed by atoms with van der Waals surface area (Å²) in [5.41, 5.74) is 2.63. The Morgan fingerprint density at radius 1 is 1.14 bits per heavy atom. The maximum atomic E-state index is 12.0. The summed E-state index contributed by atoms with van der Waals surface area (Å²) in [5, 5.41) is 0. The summed E-state index contributed by atoms with van der Waals surface area (Å²) in [6.07, 6.45) is 1.58. The molecule has 0 spiro atoms. The molecule has 7 nitrogen and oxygen atoms in total. The number of anilines is 1. The highest BCUT2D eigenvalue weighted by Gasteiger charge is 2.24. The smallest absolute Gasteiger partial charge is 0.319 e. The van der Waals surface area contributed by atoms with E-state index in [2.05, 4.69) is 19.9 Å². The van der Waals surface area contributed by atoms with Gasteiger partial charge in [-0.05, 0) is 19.1 Å². The molecule has 0 N–H and O–H groups in total. The molecule has 0 saturated carbocycles. The molecule has 1 aliphatic rings. The Bertz CT molecular complexity index is 693. The zero-order chi connectivity index (χ0) is 15.7. The van der Waals surface area contributed by atoms with Gasteiger partial charge >= 0.3 is 6.03 Å². The quantitative estimate of drug-likeness (QED) is 0.790. The van der Waals surface area contributed by atoms with Crippen molar-refractivity contribution in [1.82, 2.24) is 24.8 Å². The Morgan fingerprint density at radius 3 is 2.55 bits per heavy atom. The van der Waals surface area contributed by atoms with Gasteiger partial charge in [0, 0.05) is 46.0 Å². The summed E-state index contributed by atoms with van der Waals surface area (Å²) < 4.78 is 0. The molecule has 0 unspecified atom stereocenters. The number of carbonyl (C=O) groups is 1. The van der Waals surface area contributed by atoms with Crippen LogP contribution in [-0.2, 0) is 0 Å².